The van der Waals surface area contributed by atoms with Crippen LogP contribution in [0.15, 0.2) is 24.3 Å². The SMILES string of the molecule is CCC1CN(c2ccccc2CBr)CCO1. The Morgan fingerprint density at radius 3 is 3.00 bits per heavy atom. The fourth-order valence-electron chi connectivity index (χ4n) is 2.12. The number of alkyl halides is 1. The Morgan fingerprint density at radius 1 is 1.44 bits per heavy atom. The standard InChI is InChI=1S/C13H18BrNO/c1-2-12-10-15(7-8-16-12)13-6-4-3-5-11(13)9-14/h3-6,12H,2,7-10H2,1H3. The van der Waals surface area contributed by atoms with Crippen LogP contribution in [0, 0.1) is 0 Å². The maximum atomic E-state index is 5.70. The number of ether oxygens (including phenoxy) is 1. The van der Waals surface area contributed by atoms with Crippen LogP contribution in [-0.2, 0) is 10.1 Å². The van der Waals surface area contributed by atoms with E-state index >= 15 is 0 Å². The highest BCUT2D eigenvalue weighted by atomic mass is 79.9. The highest BCUT2D eigenvalue weighted by Crippen LogP contribution is 2.24. The molecule has 1 aromatic rings. The highest BCUT2D eigenvalue weighted by molar-refractivity contribution is 9.08. The van der Waals surface area contributed by atoms with E-state index in [4.69, 9.17) is 4.74 Å². The van der Waals surface area contributed by atoms with Crippen molar-refractivity contribution < 1.29 is 4.74 Å². The van der Waals surface area contributed by atoms with Crippen LogP contribution in [0.4, 0.5) is 5.69 Å². The molecule has 2 rings (SSSR count). The van der Waals surface area contributed by atoms with Crippen molar-refractivity contribution in [2.45, 2.75) is 24.8 Å². The first-order valence-electron chi connectivity index (χ1n) is 5.85. The number of halogens is 1. The molecular formula is C13H18BrNO. The number of morpholine rings is 1. The van der Waals surface area contributed by atoms with Gasteiger partial charge in [0.25, 0.3) is 0 Å². The second kappa shape index (κ2) is 5.69. The van der Waals surface area contributed by atoms with Crippen molar-refractivity contribution in [3.63, 3.8) is 0 Å². The van der Waals surface area contributed by atoms with E-state index in [2.05, 4.69) is 52.0 Å². The average molecular weight is 284 g/mol. The summed E-state index contributed by atoms with van der Waals surface area (Å²) in [5.41, 5.74) is 2.71. The summed E-state index contributed by atoms with van der Waals surface area (Å²) in [5.74, 6) is 0. The molecule has 0 amide bonds. The third-order valence-electron chi connectivity index (χ3n) is 3.07. The lowest BCUT2D eigenvalue weighted by atomic mass is 10.1. The Bertz CT molecular complexity index is 342. The quantitative estimate of drug-likeness (QED) is 0.790. The van der Waals surface area contributed by atoms with E-state index in [0.29, 0.717) is 6.10 Å². The van der Waals surface area contributed by atoms with Crippen LogP contribution < -0.4 is 4.90 Å². The van der Waals surface area contributed by atoms with Gasteiger partial charge in [-0.05, 0) is 18.1 Å². The summed E-state index contributed by atoms with van der Waals surface area (Å²) < 4.78 is 5.70. The molecule has 0 saturated carbocycles. The molecule has 0 bridgehead atoms. The molecule has 3 heteroatoms. The van der Waals surface area contributed by atoms with Crippen LogP contribution >= 0.6 is 15.9 Å². The molecule has 0 aliphatic carbocycles. The predicted molar refractivity (Wildman–Crippen MR) is 71.3 cm³/mol. The molecule has 1 atom stereocenters. The first-order valence-corrected chi connectivity index (χ1v) is 6.97. The molecule has 16 heavy (non-hydrogen) atoms. The van der Waals surface area contributed by atoms with Gasteiger partial charge in [-0.25, -0.2) is 0 Å². The van der Waals surface area contributed by atoms with Crippen molar-refractivity contribution in [3.05, 3.63) is 29.8 Å². The summed E-state index contributed by atoms with van der Waals surface area (Å²) in [7, 11) is 0. The fraction of sp³-hybridized carbons (Fsp3) is 0.538. The average Bonchev–Trinajstić information content (AvgIpc) is 2.38. The summed E-state index contributed by atoms with van der Waals surface area (Å²) in [6.07, 6.45) is 1.48. The van der Waals surface area contributed by atoms with Crippen molar-refractivity contribution >= 4 is 21.6 Å². The van der Waals surface area contributed by atoms with Crippen LogP contribution in [0.2, 0.25) is 0 Å². The maximum Gasteiger partial charge on any atom is 0.0748 e. The van der Waals surface area contributed by atoms with Gasteiger partial charge in [0.1, 0.15) is 0 Å². The van der Waals surface area contributed by atoms with E-state index < -0.39 is 0 Å². The largest absolute Gasteiger partial charge is 0.375 e. The van der Waals surface area contributed by atoms with E-state index in [1.807, 2.05) is 0 Å². The second-order valence-electron chi connectivity index (χ2n) is 4.11. The van der Waals surface area contributed by atoms with Crippen LogP contribution in [0.1, 0.15) is 18.9 Å². The Hall–Kier alpha value is -0.540. The molecule has 0 N–H and O–H groups in total. The summed E-state index contributed by atoms with van der Waals surface area (Å²) in [5, 5.41) is 0.914. The maximum absolute atomic E-state index is 5.70. The van der Waals surface area contributed by atoms with Gasteiger partial charge in [0.15, 0.2) is 0 Å². The molecular weight excluding hydrogens is 266 g/mol. The Morgan fingerprint density at radius 2 is 2.25 bits per heavy atom. The first kappa shape index (κ1) is 11.9. The summed E-state index contributed by atoms with van der Waals surface area (Å²) >= 11 is 3.55. The number of anilines is 1. The number of para-hydroxylation sites is 1. The zero-order valence-corrected chi connectivity index (χ0v) is 11.2. The van der Waals surface area contributed by atoms with E-state index in [1.54, 1.807) is 0 Å². The number of hydrogen-bond acceptors (Lipinski definition) is 2. The number of rotatable bonds is 3. The summed E-state index contributed by atoms with van der Waals surface area (Å²) in [6, 6.07) is 8.59. The number of hydrogen-bond donors (Lipinski definition) is 0. The topological polar surface area (TPSA) is 12.5 Å². The number of benzene rings is 1. The van der Waals surface area contributed by atoms with Crippen LogP contribution in [0.3, 0.4) is 0 Å². The van der Waals surface area contributed by atoms with Gasteiger partial charge in [0.05, 0.1) is 12.7 Å². The molecule has 88 valence electrons. The predicted octanol–water partition coefficient (Wildman–Crippen LogP) is 3.20. The molecule has 2 nitrogen and oxygen atoms in total. The molecule has 1 heterocycles. The molecule has 1 fully saturated rings. The minimum Gasteiger partial charge on any atom is -0.375 e. The van der Waals surface area contributed by atoms with Crippen molar-refractivity contribution in [2.75, 3.05) is 24.6 Å². The molecule has 0 aromatic heterocycles. The molecule has 0 spiro atoms. The van der Waals surface area contributed by atoms with Crippen molar-refractivity contribution in [1.29, 1.82) is 0 Å². The zero-order chi connectivity index (χ0) is 11.4. The molecule has 1 aliphatic heterocycles. The lowest BCUT2D eigenvalue weighted by molar-refractivity contribution is 0.0384. The minimum absolute atomic E-state index is 0.386. The highest BCUT2D eigenvalue weighted by Gasteiger charge is 2.20. The van der Waals surface area contributed by atoms with Gasteiger partial charge in [-0.15, -0.1) is 0 Å². The first-order chi connectivity index (χ1) is 7.85. The molecule has 1 aliphatic rings. The van der Waals surface area contributed by atoms with E-state index in [1.165, 1.54) is 11.3 Å². The zero-order valence-electron chi connectivity index (χ0n) is 9.66. The fourth-order valence-corrected chi connectivity index (χ4v) is 2.59. The van der Waals surface area contributed by atoms with Gasteiger partial charge in [-0.3, -0.25) is 0 Å². The Kier molecular flexibility index (Phi) is 4.24. The van der Waals surface area contributed by atoms with Gasteiger partial charge >= 0.3 is 0 Å². The normalized spacial score (nSPS) is 21.1. The lowest BCUT2D eigenvalue weighted by Crippen LogP contribution is -2.42. The van der Waals surface area contributed by atoms with Gasteiger partial charge in [0, 0.05) is 24.1 Å². The lowest BCUT2D eigenvalue weighted by Gasteiger charge is -2.35. The van der Waals surface area contributed by atoms with Gasteiger partial charge < -0.3 is 9.64 Å². The van der Waals surface area contributed by atoms with Crippen molar-refractivity contribution in [2.24, 2.45) is 0 Å². The van der Waals surface area contributed by atoms with Crippen LogP contribution in [-0.4, -0.2) is 25.8 Å². The molecule has 0 radical (unpaired) electrons. The third-order valence-corrected chi connectivity index (χ3v) is 3.67. The molecule has 1 saturated heterocycles. The smallest absolute Gasteiger partial charge is 0.0748 e. The van der Waals surface area contributed by atoms with Gasteiger partial charge in [-0.1, -0.05) is 41.1 Å². The van der Waals surface area contributed by atoms with Gasteiger partial charge in [-0.2, -0.15) is 0 Å². The number of nitrogens with zero attached hydrogens (tertiary/aromatic N) is 1. The summed E-state index contributed by atoms with van der Waals surface area (Å²) in [4.78, 5) is 2.44. The summed E-state index contributed by atoms with van der Waals surface area (Å²) in [6.45, 7) is 5.04. The van der Waals surface area contributed by atoms with E-state index in [0.717, 1.165) is 31.4 Å². The Balaban J connectivity index is 2.16. The van der Waals surface area contributed by atoms with Crippen LogP contribution in [0.25, 0.3) is 0 Å². The van der Waals surface area contributed by atoms with Gasteiger partial charge in [0.2, 0.25) is 0 Å². The van der Waals surface area contributed by atoms with E-state index in [9.17, 15) is 0 Å². The van der Waals surface area contributed by atoms with Crippen molar-refractivity contribution in [3.8, 4) is 0 Å². The molecule has 1 unspecified atom stereocenters. The third kappa shape index (κ3) is 2.58. The second-order valence-corrected chi connectivity index (χ2v) is 4.67. The molecule has 1 aromatic carbocycles. The van der Waals surface area contributed by atoms with E-state index in [-0.39, 0.29) is 0 Å². The van der Waals surface area contributed by atoms with Crippen molar-refractivity contribution in [1.82, 2.24) is 0 Å². The van der Waals surface area contributed by atoms with Crippen LogP contribution in [0.5, 0.6) is 0 Å². The Labute approximate surface area is 106 Å². The monoisotopic (exact) mass is 283 g/mol. The minimum atomic E-state index is 0.386.